The Bertz CT molecular complexity index is 787. The zero-order chi connectivity index (χ0) is 15.8. The van der Waals surface area contributed by atoms with Crippen molar-refractivity contribution in [3.63, 3.8) is 0 Å². The third-order valence-corrected chi connectivity index (χ3v) is 5.50. The molecule has 0 radical (unpaired) electrons. The van der Waals surface area contributed by atoms with E-state index in [1.54, 1.807) is 19.1 Å². The molecule has 0 saturated carbocycles. The predicted octanol–water partition coefficient (Wildman–Crippen LogP) is 5.06. The second-order valence-corrected chi connectivity index (χ2v) is 7.45. The van der Waals surface area contributed by atoms with Crippen molar-refractivity contribution in [3.05, 3.63) is 56.5 Å². The summed E-state index contributed by atoms with van der Waals surface area (Å²) in [4.78, 5) is 0.132. The molecule has 1 N–H and O–H groups in total. The second-order valence-electron chi connectivity index (χ2n) is 4.57. The first-order chi connectivity index (χ1) is 9.72. The Labute approximate surface area is 138 Å². The first-order valence-electron chi connectivity index (χ1n) is 5.96. The summed E-state index contributed by atoms with van der Waals surface area (Å²) in [5.74, 6) is 0. The lowest BCUT2D eigenvalue weighted by molar-refractivity contribution is 0.601. The van der Waals surface area contributed by atoms with Gasteiger partial charge < -0.3 is 0 Å². The molecule has 21 heavy (non-hydrogen) atoms. The SMILES string of the molecule is Cc1ccc(S(=O)(=O)Nc2c(Cl)cc(Cl)c(C)c2Cl)cc1. The first-order valence-corrected chi connectivity index (χ1v) is 8.57. The number of aryl methyl sites for hydroxylation is 1. The van der Waals surface area contributed by atoms with Gasteiger partial charge in [0, 0.05) is 5.02 Å². The van der Waals surface area contributed by atoms with Crippen LogP contribution in [0.15, 0.2) is 35.2 Å². The maximum absolute atomic E-state index is 12.4. The van der Waals surface area contributed by atoms with E-state index in [1.165, 1.54) is 18.2 Å². The molecule has 0 aromatic heterocycles. The molecule has 0 saturated heterocycles. The first kappa shape index (κ1) is 16.4. The van der Waals surface area contributed by atoms with E-state index in [-0.39, 0.29) is 20.6 Å². The molecule has 0 spiro atoms. The van der Waals surface area contributed by atoms with Gasteiger partial charge in [0.05, 0.1) is 20.6 Å². The Hall–Kier alpha value is -0.940. The Morgan fingerprint density at radius 3 is 2.10 bits per heavy atom. The fraction of sp³-hybridized carbons (Fsp3) is 0.143. The number of nitrogens with one attached hydrogen (secondary N) is 1. The summed E-state index contributed by atoms with van der Waals surface area (Å²) in [5, 5.41) is 0.706. The molecule has 2 rings (SSSR count). The molecule has 2 aromatic carbocycles. The van der Waals surface area contributed by atoms with Crippen molar-refractivity contribution < 1.29 is 8.42 Å². The van der Waals surface area contributed by atoms with Crippen LogP contribution in [-0.2, 0) is 10.0 Å². The number of halogens is 3. The maximum atomic E-state index is 12.4. The van der Waals surface area contributed by atoms with Crippen LogP contribution >= 0.6 is 34.8 Å². The van der Waals surface area contributed by atoms with Crippen molar-refractivity contribution in [2.24, 2.45) is 0 Å². The molecule has 7 heteroatoms. The third kappa shape index (κ3) is 3.46. The number of anilines is 1. The van der Waals surface area contributed by atoms with Gasteiger partial charge in [-0.15, -0.1) is 0 Å². The summed E-state index contributed by atoms with van der Waals surface area (Å²) in [5.41, 5.74) is 1.65. The van der Waals surface area contributed by atoms with Crippen molar-refractivity contribution in [2.75, 3.05) is 4.72 Å². The quantitative estimate of drug-likeness (QED) is 0.827. The molecule has 0 atom stereocenters. The Morgan fingerprint density at radius 2 is 1.52 bits per heavy atom. The van der Waals surface area contributed by atoms with Crippen molar-refractivity contribution in [1.29, 1.82) is 0 Å². The van der Waals surface area contributed by atoms with Crippen LogP contribution < -0.4 is 4.72 Å². The molecule has 0 heterocycles. The average Bonchev–Trinajstić information content (AvgIpc) is 2.42. The lowest BCUT2D eigenvalue weighted by Gasteiger charge is -2.14. The molecule has 2 aromatic rings. The van der Waals surface area contributed by atoms with Gasteiger partial charge >= 0.3 is 0 Å². The van der Waals surface area contributed by atoms with Gasteiger partial charge in [0.1, 0.15) is 0 Å². The third-order valence-electron chi connectivity index (χ3n) is 2.97. The van der Waals surface area contributed by atoms with Crippen molar-refractivity contribution in [3.8, 4) is 0 Å². The summed E-state index contributed by atoms with van der Waals surface area (Å²) in [6.07, 6.45) is 0. The molecule has 0 fully saturated rings. The highest BCUT2D eigenvalue weighted by Gasteiger charge is 2.19. The summed E-state index contributed by atoms with van der Waals surface area (Å²) in [6.45, 7) is 3.56. The molecule has 0 aliphatic rings. The lowest BCUT2D eigenvalue weighted by Crippen LogP contribution is -2.14. The molecule has 112 valence electrons. The van der Waals surface area contributed by atoms with Gasteiger partial charge in [-0.25, -0.2) is 8.42 Å². The maximum Gasteiger partial charge on any atom is 0.261 e. The van der Waals surface area contributed by atoms with Crippen LogP contribution in [-0.4, -0.2) is 8.42 Å². The van der Waals surface area contributed by atoms with Crippen LogP contribution in [0, 0.1) is 13.8 Å². The molecular formula is C14H12Cl3NO2S. The van der Waals surface area contributed by atoms with Crippen LogP contribution in [0.4, 0.5) is 5.69 Å². The zero-order valence-electron chi connectivity index (χ0n) is 11.2. The number of rotatable bonds is 3. The van der Waals surface area contributed by atoms with Crippen LogP contribution in [0.3, 0.4) is 0 Å². The van der Waals surface area contributed by atoms with E-state index < -0.39 is 10.0 Å². The van der Waals surface area contributed by atoms with Crippen LogP contribution in [0.2, 0.25) is 15.1 Å². The van der Waals surface area contributed by atoms with E-state index in [9.17, 15) is 8.42 Å². The summed E-state index contributed by atoms with van der Waals surface area (Å²) < 4.78 is 27.1. The second kappa shape index (κ2) is 6.05. The van der Waals surface area contributed by atoms with Gasteiger partial charge in [-0.05, 0) is 37.6 Å². The van der Waals surface area contributed by atoms with Gasteiger partial charge in [-0.2, -0.15) is 0 Å². The molecule has 0 unspecified atom stereocenters. The van der Waals surface area contributed by atoms with Gasteiger partial charge in [0.25, 0.3) is 10.0 Å². The van der Waals surface area contributed by atoms with Crippen LogP contribution in [0.1, 0.15) is 11.1 Å². The summed E-state index contributed by atoms with van der Waals surface area (Å²) in [7, 11) is -3.77. The minimum Gasteiger partial charge on any atom is -0.277 e. The minimum atomic E-state index is -3.77. The van der Waals surface area contributed by atoms with E-state index in [2.05, 4.69) is 4.72 Å². The van der Waals surface area contributed by atoms with E-state index in [1.807, 2.05) is 6.92 Å². The highest BCUT2D eigenvalue weighted by atomic mass is 35.5. The van der Waals surface area contributed by atoms with E-state index in [0.29, 0.717) is 10.6 Å². The highest BCUT2D eigenvalue weighted by Crippen LogP contribution is 2.38. The van der Waals surface area contributed by atoms with E-state index >= 15 is 0 Å². The molecule has 0 amide bonds. The lowest BCUT2D eigenvalue weighted by atomic mass is 10.2. The number of hydrogen-bond acceptors (Lipinski definition) is 2. The fourth-order valence-electron chi connectivity index (χ4n) is 1.69. The van der Waals surface area contributed by atoms with Crippen molar-refractivity contribution >= 4 is 50.5 Å². The summed E-state index contributed by atoms with van der Waals surface area (Å²) >= 11 is 18.1. The number of sulfonamides is 1. The molecule has 0 aliphatic carbocycles. The monoisotopic (exact) mass is 363 g/mol. The van der Waals surface area contributed by atoms with Crippen LogP contribution in [0.25, 0.3) is 0 Å². The standard InChI is InChI=1S/C14H12Cl3NO2S/c1-8-3-5-10(6-4-8)21(19,20)18-14-12(16)7-11(15)9(2)13(14)17/h3-7,18H,1-2H3. The summed E-state index contributed by atoms with van der Waals surface area (Å²) in [6, 6.07) is 7.91. The molecular weight excluding hydrogens is 353 g/mol. The Kier molecular flexibility index (Phi) is 4.73. The van der Waals surface area contributed by atoms with Crippen molar-refractivity contribution in [1.82, 2.24) is 0 Å². The fourth-order valence-corrected chi connectivity index (χ4v) is 3.76. The smallest absolute Gasteiger partial charge is 0.261 e. The molecule has 3 nitrogen and oxygen atoms in total. The topological polar surface area (TPSA) is 46.2 Å². The number of hydrogen-bond donors (Lipinski definition) is 1. The predicted molar refractivity (Wildman–Crippen MR) is 88.2 cm³/mol. The van der Waals surface area contributed by atoms with Gasteiger partial charge in [0.15, 0.2) is 0 Å². The Morgan fingerprint density at radius 1 is 0.952 bits per heavy atom. The normalized spacial score (nSPS) is 11.5. The highest BCUT2D eigenvalue weighted by molar-refractivity contribution is 7.92. The van der Waals surface area contributed by atoms with Gasteiger partial charge in [0.2, 0.25) is 0 Å². The van der Waals surface area contributed by atoms with Gasteiger partial charge in [-0.1, -0.05) is 52.5 Å². The Balaban J connectivity index is 2.47. The average molecular weight is 365 g/mol. The van der Waals surface area contributed by atoms with E-state index in [4.69, 9.17) is 34.8 Å². The molecule has 0 aliphatic heterocycles. The number of benzene rings is 2. The van der Waals surface area contributed by atoms with Gasteiger partial charge in [-0.3, -0.25) is 4.72 Å². The minimum absolute atomic E-state index is 0.126. The molecule has 0 bridgehead atoms. The zero-order valence-corrected chi connectivity index (χ0v) is 14.3. The largest absolute Gasteiger partial charge is 0.277 e. The van der Waals surface area contributed by atoms with E-state index in [0.717, 1.165) is 5.56 Å². The van der Waals surface area contributed by atoms with Crippen molar-refractivity contribution in [2.45, 2.75) is 18.7 Å². The van der Waals surface area contributed by atoms with Crippen LogP contribution in [0.5, 0.6) is 0 Å².